The first-order valence-corrected chi connectivity index (χ1v) is 9.28. The predicted octanol–water partition coefficient (Wildman–Crippen LogP) is 2.57. The number of ether oxygens (including phenoxy) is 3. The molecule has 0 aliphatic carbocycles. The fourth-order valence-corrected chi connectivity index (χ4v) is 3.17. The molecule has 3 aromatic rings. The van der Waals surface area contributed by atoms with E-state index in [1.807, 2.05) is 36.5 Å². The molecule has 8 heteroatoms. The molecule has 0 radical (unpaired) electrons. The average Bonchev–Trinajstić information content (AvgIpc) is 3.19. The minimum Gasteiger partial charge on any atom is -0.497 e. The van der Waals surface area contributed by atoms with Gasteiger partial charge in [0.15, 0.2) is 0 Å². The number of hydrogen-bond donors (Lipinski definition) is 0. The Morgan fingerprint density at radius 2 is 1.86 bits per heavy atom. The summed E-state index contributed by atoms with van der Waals surface area (Å²) in [5.41, 5.74) is 1.26. The quantitative estimate of drug-likeness (QED) is 0.613. The van der Waals surface area contributed by atoms with Crippen molar-refractivity contribution < 1.29 is 19.0 Å². The van der Waals surface area contributed by atoms with Gasteiger partial charge in [-0.25, -0.2) is 4.68 Å². The van der Waals surface area contributed by atoms with Crippen LogP contribution in [0.4, 0.5) is 0 Å². The molecule has 2 heterocycles. The van der Waals surface area contributed by atoms with Crippen LogP contribution >= 0.6 is 0 Å². The van der Waals surface area contributed by atoms with E-state index in [1.54, 1.807) is 42.0 Å². The summed E-state index contributed by atoms with van der Waals surface area (Å²) in [6, 6.07) is 14.9. The van der Waals surface area contributed by atoms with Crippen molar-refractivity contribution in [3.63, 3.8) is 0 Å². The zero-order valence-electron chi connectivity index (χ0n) is 16.3. The van der Waals surface area contributed by atoms with Crippen molar-refractivity contribution in [3.8, 4) is 17.2 Å². The number of nitrogens with zero attached hydrogens (tertiary/aromatic N) is 4. The maximum atomic E-state index is 12.8. The number of likely N-dealkylation sites (tertiary alicyclic amines) is 1. The van der Waals surface area contributed by atoms with Crippen LogP contribution in [0.15, 0.2) is 54.7 Å². The maximum Gasteiger partial charge on any atom is 0.257 e. The maximum absolute atomic E-state index is 12.8. The number of para-hydroxylation sites is 1. The first kappa shape index (κ1) is 18.8. The Hall–Kier alpha value is -3.55. The third-order valence-electron chi connectivity index (χ3n) is 4.85. The van der Waals surface area contributed by atoms with Crippen molar-refractivity contribution in [1.29, 1.82) is 0 Å². The molecule has 1 amide bonds. The summed E-state index contributed by atoms with van der Waals surface area (Å²) >= 11 is 0. The third kappa shape index (κ3) is 4.01. The number of benzene rings is 2. The molecule has 150 valence electrons. The summed E-state index contributed by atoms with van der Waals surface area (Å²) < 4.78 is 18.0. The van der Waals surface area contributed by atoms with Crippen LogP contribution < -0.4 is 14.2 Å². The van der Waals surface area contributed by atoms with Crippen LogP contribution in [-0.4, -0.2) is 53.1 Å². The topological polar surface area (TPSA) is 78.7 Å². The number of aromatic nitrogens is 3. The van der Waals surface area contributed by atoms with E-state index in [-0.39, 0.29) is 11.9 Å². The highest BCUT2D eigenvalue weighted by atomic mass is 16.5. The van der Waals surface area contributed by atoms with Gasteiger partial charge in [-0.1, -0.05) is 23.4 Å². The fourth-order valence-electron chi connectivity index (χ4n) is 3.17. The van der Waals surface area contributed by atoms with Gasteiger partial charge in [0.1, 0.15) is 29.5 Å². The largest absolute Gasteiger partial charge is 0.497 e. The Balaban J connectivity index is 1.34. The van der Waals surface area contributed by atoms with Gasteiger partial charge < -0.3 is 19.1 Å². The Morgan fingerprint density at radius 1 is 1.07 bits per heavy atom. The third-order valence-corrected chi connectivity index (χ3v) is 4.85. The van der Waals surface area contributed by atoms with Crippen LogP contribution in [0.3, 0.4) is 0 Å². The van der Waals surface area contributed by atoms with Crippen LogP contribution in [-0.2, 0) is 6.61 Å². The van der Waals surface area contributed by atoms with Crippen LogP contribution in [0, 0.1) is 0 Å². The highest BCUT2D eigenvalue weighted by Gasteiger charge is 2.34. The normalized spacial score (nSPS) is 13.7. The van der Waals surface area contributed by atoms with Gasteiger partial charge in [0.2, 0.25) is 0 Å². The van der Waals surface area contributed by atoms with Gasteiger partial charge in [-0.15, -0.1) is 5.10 Å². The summed E-state index contributed by atoms with van der Waals surface area (Å²) in [6.07, 6.45) is 1.86. The lowest BCUT2D eigenvalue weighted by atomic mass is 10.1. The van der Waals surface area contributed by atoms with Crippen molar-refractivity contribution in [1.82, 2.24) is 19.9 Å². The Bertz CT molecular complexity index is 983. The van der Waals surface area contributed by atoms with Crippen LogP contribution in [0.5, 0.6) is 17.2 Å². The van der Waals surface area contributed by atoms with Gasteiger partial charge >= 0.3 is 0 Å². The van der Waals surface area contributed by atoms with Gasteiger partial charge in [0.05, 0.1) is 32.0 Å². The van der Waals surface area contributed by atoms with E-state index >= 15 is 0 Å². The molecule has 1 aliphatic heterocycles. The van der Waals surface area contributed by atoms with E-state index in [1.165, 1.54) is 0 Å². The Morgan fingerprint density at radius 3 is 2.59 bits per heavy atom. The summed E-state index contributed by atoms with van der Waals surface area (Å²) in [5, 5.41) is 8.34. The molecular formula is C21H22N4O4. The lowest BCUT2D eigenvalue weighted by Gasteiger charge is -2.39. The van der Waals surface area contributed by atoms with Crippen LogP contribution in [0.2, 0.25) is 0 Å². The molecule has 0 spiro atoms. The van der Waals surface area contributed by atoms with Gasteiger partial charge in [0.25, 0.3) is 5.91 Å². The first-order valence-electron chi connectivity index (χ1n) is 9.28. The molecule has 0 atom stereocenters. The van der Waals surface area contributed by atoms with Gasteiger partial charge in [-0.05, 0) is 24.3 Å². The number of methoxy groups -OCH3 is 2. The summed E-state index contributed by atoms with van der Waals surface area (Å²) in [4.78, 5) is 14.5. The van der Waals surface area contributed by atoms with Crippen LogP contribution in [0.25, 0.3) is 0 Å². The van der Waals surface area contributed by atoms with E-state index in [4.69, 9.17) is 14.2 Å². The average molecular weight is 394 g/mol. The van der Waals surface area contributed by atoms with Crippen LogP contribution in [0.1, 0.15) is 22.1 Å². The summed E-state index contributed by atoms with van der Waals surface area (Å²) in [5.74, 6) is 1.86. The van der Waals surface area contributed by atoms with E-state index in [2.05, 4.69) is 10.3 Å². The lowest BCUT2D eigenvalue weighted by Crippen LogP contribution is -2.51. The SMILES string of the molecule is COc1ccc(C(=O)N2CC(n3cc(COc4ccccc4)nn3)C2)c(OC)c1. The number of carbonyl (C=O) groups is 1. The fraction of sp³-hybridized carbons (Fsp3) is 0.286. The Labute approximate surface area is 168 Å². The molecule has 0 bridgehead atoms. The lowest BCUT2D eigenvalue weighted by molar-refractivity contribution is 0.0495. The molecule has 0 saturated carbocycles. The van der Waals surface area contributed by atoms with Crippen molar-refractivity contribution in [2.45, 2.75) is 12.6 Å². The van der Waals surface area contributed by atoms with E-state index in [9.17, 15) is 4.79 Å². The van der Waals surface area contributed by atoms with Gasteiger partial charge in [-0.2, -0.15) is 0 Å². The van der Waals surface area contributed by atoms with Crippen molar-refractivity contribution in [2.24, 2.45) is 0 Å². The predicted molar refractivity (Wildman–Crippen MR) is 105 cm³/mol. The smallest absolute Gasteiger partial charge is 0.257 e. The molecule has 1 aliphatic rings. The molecule has 0 N–H and O–H groups in total. The zero-order valence-corrected chi connectivity index (χ0v) is 16.3. The molecular weight excluding hydrogens is 372 g/mol. The zero-order chi connectivity index (χ0) is 20.2. The summed E-state index contributed by atoms with van der Waals surface area (Å²) in [6.45, 7) is 1.48. The number of amides is 1. The highest BCUT2D eigenvalue weighted by Crippen LogP contribution is 2.29. The van der Waals surface area contributed by atoms with E-state index < -0.39 is 0 Å². The molecule has 8 nitrogen and oxygen atoms in total. The monoisotopic (exact) mass is 394 g/mol. The van der Waals surface area contributed by atoms with E-state index in [0.717, 1.165) is 11.4 Å². The first-order chi connectivity index (χ1) is 14.2. The minimum absolute atomic E-state index is 0.0755. The minimum atomic E-state index is -0.0755. The second-order valence-electron chi connectivity index (χ2n) is 6.72. The highest BCUT2D eigenvalue weighted by molar-refractivity contribution is 5.97. The molecule has 0 unspecified atom stereocenters. The number of rotatable bonds is 7. The van der Waals surface area contributed by atoms with Gasteiger partial charge in [0, 0.05) is 19.2 Å². The standard InChI is InChI=1S/C21H22N4O4/c1-27-18-8-9-19(20(10-18)28-2)21(26)24-12-16(13-24)25-11-15(22-23-25)14-29-17-6-4-3-5-7-17/h3-11,16H,12-14H2,1-2H3. The number of hydrogen-bond acceptors (Lipinski definition) is 6. The van der Waals surface area contributed by atoms with Crippen molar-refractivity contribution >= 4 is 5.91 Å². The molecule has 4 rings (SSSR count). The van der Waals surface area contributed by atoms with Crippen molar-refractivity contribution in [3.05, 3.63) is 66.0 Å². The van der Waals surface area contributed by atoms with Crippen molar-refractivity contribution in [2.75, 3.05) is 27.3 Å². The second kappa shape index (κ2) is 8.22. The second-order valence-corrected chi connectivity index (χ2v) is 6.72. The summed E-state index contributed by atoms with van der Waals surface area (Å²) in [7, 11) is 3.12. The molecule has 29 heavy (non-hydrogen) atoms. The molecule has 1 aromatic heterocycles. The molecule has 2 aromatic carbocycles. The van der Waals surface area contributed by atoms with Gasteiger partial charge in [-0.3, -0.25) is 4.79 Å². The van der Waals surface area contributed by atoms with E-state index in [0.29, 0.717) is 36.8 Å². The molecule has 1 saturated heterocycles. The number of carbonyl (C=O) groups excluding carboxylic acids is 1. The Kier molecular flexibility index (Phi) is 5.33. The molecule has 1 fully saturated rings.